The lowest BCUT2D eigenvalue weighted by atomic mass is 10.1. The Bertz CT molecular complexity index is 1070. The fourth-order valence-corrected chi connectivity index (χ4v) is 3.65. The molecule has 0 unspecified atom stereocenters. The van der Waals surface area contributed by atoms with Crippen LogP contribution >= 0.6 is 11.3 Å². The van der Waals surface area contributed by atoms with Crippen molar-refractivity contribution in [1.82, 2.24) is 25.1 Å². The van der Waals surface area contributed by atoms with Crippen LogP contribution in [-0.2, 0) is 13.0 Å². The van der Waals surface area contributed by atoms with Crippen LogP contribution in [0.3, 0.4) is 0 Å². The first-order chi connectivity index (χ1) is 14.2. The Labute approximate surface area is 173 Å². The average Bonchev–Trinajstić information content (AvgIpc) is 3.41. The van der Waals surface area contributed by atoms with Crippen molar-refractivity contribution < 1.29 is 4.79 Å². The van der Waals surface area contributed by atoms with Gasteiger partial charge in [-0.15, -0.1) is 11.3 Å². The highest BCUT2D eigenvalue weighted by molar-refractivity contribution is 7.09. The first-order valence-electron chi connectivity index (χ1n) is 9.38. The van der Waals surface area contributed by atoms with E-state index < -0.39 is 0 Å². The molecule has 29 heavy (non-hydrogen) atoms. The molecule has 0 bridgehead atoms. The van der Waals surface area contributed by atoms with Gasteiger partial charge in [-0.3, -0.25) is 4.79 Å². The molecule has 0 aliphatic rings. The van der Waals surface area contributed by atoms with Gasteiger partial charge in [0.15, 0.2) is 0 Å². The zero-order chi connectivity index (χ0) is 20.1. The molecule has 1 amide bonds. The van der Waals surface area contributed by atoms with Crippen LogP contribution in [-0.4, -0.2) is 32.2 Å². The predicted octanol–water partition coefficient (Wildman–Crippen LogP) is 3.73. The Hall–Kier alpha value is -3.32. The monoisotopic (exact) mass is 403 g/mol. The van der Waals surface area contributed by atoms with Crippen LogP contribution < -0.4 is 5.32 Å². The molecule has 6 nitrogen and oxygen atoms in total. The van der Waals surface area contributed by atoms with E-state index in [1.165, 1.54) is 11.9 Å². The second-order valence-corrected chi connectivity index (χ2v) is 7.81. The standard InChI is InChI=1S/C22H21N5OS/c1-16-26-21(13-29-16)19-6-2-17(3-7-19)10-11-24-22(28)20-8-4-18(5-9-20)12-27-15-23-14-25-27/h2-9,13-15H,10-12H2,1H3,(H,24,28). The molecule has 0 saturated carbocycles. The van der Waals surface area contributed by atoms with Crippen molar-refractivity contribution in [1.29, 1.82) is 0 Å². The van der Waals surface area contributed by atoms with Crippen LogP contribution in [0.4, 0.5) is 0 Å². The Morgan fingerprint density at radius 3 is 2.48 bits per heavy atom. The lowest BCUT2D eigenvalue weighted by Gasteiger charge is -2.07. The van der Waals surface area contributed by atoms with Gasteiger partial charge in [-0.1, -0.05) is 36.4 Å². The summed E-state index contributed by atoms with van der Waals surface area (Å²) in [6, 6.07) is 15.9. The van der Waals surface area contributed by atoms with E-state index in [1.54, 1.807) is 22.3 Å². The average molecular weight is 404 g/mol. The molecule has 0 saturated heterocycles. The highest BCUT2D eigenvalue weighted by Crippen LogP contribution is 2.21. The number of nitrogens with one attached hydrogen (secondary N) is 1. The zero-order valence-electron chi connectivity index (χ0n) is 16.1. The molecule has 0 fully saturated rings. The molecule has 2 aromatic heterocycles. The number of aromatic nitrogens is 4. The number of nitrogens with zero attached hydrogens (tertiary/aromatic N) is 4. The molecular formula is C22H21N5OS. The van der Waals surface area contributed by atoms with Crippen LogP contribution in [0.2, 0.25) is 0 Å². The van der Waals surface area contributed by atoms with Crippen LogP contribution in [0, 0.1) is 6.92 Å². The van der Waals surface area contributed by atoms with Crippen LogP contribution in [0.25, 0.3) is 11.3 Å². The minimum atomic E-state index is -0.0631. The van der Waals surface area contributed by atoms with Gasteiger partial charge in [0.25, 0.3) is 5.91 Å². The predicted molar refractivity (Wildman–Crippen MR) is 114 cm³/mol. The number of thiazole rings is 1. The van der Waals surface area contributed by atoms with E-state index >= 15 is 0 Å². The molecule has 4 aromatic rings. The second-order valence-electron chi connectivity index (χ2n) is 6.74. The summed E-state index contributed by atoms with van der Waals surface area (Å²) in [5, 5.41) is 10.2. The van der Waals surface area contributed by atoms with E-state index in [4.69, 9.17) is 0 Å². The summed E-state index contributed by atoms with van der Waals surface area (Å²) in [5.41, 5.74) is 5.04. The molecule has 0 radical (unpaired) electrons. The zero-order valence-corrected chi connectivity index (χ0v) is 16.9. The molecular weight excluding hydrogens is 382 g/mol. The fraction of sp³-hybridized carbons (Fsp3) is 0.182. The number of hydrogen-bond acceptors (Lipinski definition) is 5. The maximum Gasteiger partial charge on any atom is 0.251 e. The lowest BCUT2D eigenvalue weighted by Crippen LogP contribution is -2.25. The lowest BCUT2D eigenvalue weighted by molar-refractivity contribution is 0.0954. The highest BCUT2D eigenvalue weighted by Gasteiger charge is 2.06. The van der Waals surface area contributed by atoms with E-state index in [0.29, 0.717) is 18.7 Å². The van der Waals surface area contributed by atoms with Gasteiger partial charge >= 0.3 is 0 Å². The molecule has 0 aliphatic carbocycles. The van der Waals surface area contributed by atoms with Gasteiger partial charge in [-0.25, -0.2) is 14.6 Å². The van der Waals surface area contributed by atoms with Crippen molar-refractivity contribution in [3.63, 3.8) is 0 Å². The van der Waals surface area contributed by atoms with Crippen molar-refractivity contribution in [2.24, 2.45) is 0 Å². The normalized spacial score (nSPS) is 10.8. The second kappa shape index (κ2) is 8.79. The van der Waals surface area contributed by atoms with E-state index in [9.17, 15) is 4.79 Å². The number of aryl methyl sites for hydroxylation is 1. The molecule has 0 aliphatic heterocycles. The summed E-state index contributed by atoms with van der Waals surface area (Å²) in [5.74, 6) is -0.0631. The number of carbonyl (C=O) groups is 1. The first-order valence-corrected chi connectivity index (χ1v) is 10.3. The Kier molecular flexibility index (Phi) is 5.76. The van der Waals surface area contributed by atoms with Gasteiger partial charge in [0, 0.05) is 23.1 Å². The summed E-state index contributed by atoms with van der Waals surface area (Å²) in [7, 11) is 0. The van der Waals surface area contributed by atoms with Crippen molar-refractivity contribution in [3.05, 3.63) is 88.3 Å². The summed E-state index contributed by atoms with van der Waals surface area (Å²) in [6.45, 7) is 3.24. The molecule has 0 atom stereocenters. The molecule has 1 N–H and O–H groups in total. The largest absolute Gasteiger partial charge is 0.352 e. The molecule has 7 heteroatoms. The number of hydrogen-bond donors (Lipinski definition) is 1. The van der Waals surface area contributed by atoms with Crippen molar-refractivity contribution >= 4 is 17.2 Å². The number of amides is 1. The Morgan fingerprint density at radius 2 is 1.83 bits per heavy atom. The molecule has 0 spiro atoms. The minimum Gasteiger partial charge on any atom is -0.352 e. The third-order valence-electron chi connectivity index (χ3n) is 4.60. The molecule has 2 aromatic carbocycles. The van der Waals surface area contributed by atoms with Crippen LogP contribution in [0.1, 0.15) is 26.5 Å². The summed E-state index contributed by atoms with van der Waals surface area (Å²) in [4.78, 5) is 20.8. The highest BCUT2D eigenvalue weighted by atomic mass is 32.1. The number of rotatable bonds is 7. The topological polar surface area (TPSA) is 72.7 Å². The van der Waals surface area contributed by atoms with E-state index in [2.05, 4.69) is 50.0 Å². The van der Waals surface area contributed by atoms with Crippen molar-refractivity contribution in [2.75, 3.05) is 6.54 Å². The number of carbonyl (C=O) groups excluding carboxylic acids is 1. The molecule has 146 valence electrons. The van der Waals surface area contributed by atoms with Gasteiger partial charge in [-0.2, -0.15) is 5.10 Å². The minimum absolute atomic E-state index is 0.0631. The molecule has 4 rings (SSSR count). The Morgan fingerprint density at radius 1 is 1.07 bits per heavy atom. The summed E-state index contributed by atoms with van der Waals surface area (Å²) < 4.78 is 1.75. The maximum absolute atomic E-state index is 12.4. The van der Waals surface area contributed by atoms with E-state index in [0.717, 1.165) is 28.2 Å². The third kappa shape index (κ3) is 4.94. The Balaban J connectivity index is 1.27. The maximum atomic E-state index is 12.4. The van der Waals surface area contributed by atoms with Gasteiger partial charge in [0.2, 0.25) is 0 Å². The third-order valence-corrected chi connectivity index (χ3v) is 5.37. The van der Waals surface area contributed by atoms with Crippen LogP contribution in [0.15, 0.2) is 66.6 Å². The van der Waals surface area contributed by atoms with E-state index in [1.807, 2.05) is 31.2 Å². The number of benzene rings is 2. The smallest absolute Gasteiger partial charge is 0.251 e. The SMILES string of the molecule is Cc1nc(-c2ccc(CCNC(=O)c3ccc(Cn4cncn4)cc3)cc2)cs1. The van der Waals surface area contributed by atoms with E-state index in [-0.39, 0.29) is 5.91 Å². The van der Waals surface area contributed by atoms with Gasteiger partial charge in [0.1, 0.15) is 12.7 Å². The first kappa shape index (κ1) is 19.0. The summed E-state index contributed by atoms with van der Waals surface area (Å²) in [6.07, 6.45) is 3.97. The van der Waals surface area contributed by atoms with Gasteiger partial charge in [0.05, 0.1) is 17.2 Å². The van der Waals surface area contributed by atoms with Crippen molar-refractivity contribution in [3.8, 4) is 11.3 Å². The summed E-state index contributed by atoms with van der Waals surface area (Å²) >= 11 is 1.65. The quantitative estimate of drug-likeness (QED) is 0.510. The fourth-order valence-electron chi connectivity index (χ4n) is 3.02. The van der Waals surface area contributed by atoms with Gasteiger partial charge in [-0.05, 0) is 36.6 Å². The molecule has 2 heterocycles. The van der Waals surface area contributed by atoms with Crippen LogP contribution in [0.5, 0.6) is 0 Å². The van der Waals surface area contributed by atoms with Gasteiger partial charge < -0.3 is 5.32 Å². The van der Waals surface area contributed by atoms with Crippen molar-refractivity contribution in [2.45, 2.75) is 19.9 Å².